The van der Waals surface area contributed by atoms with Gasteiger partial charge in [-0.2, -0.15) is 0 Å². The molecule has 2 heterocycles. The maximum atomic E-state index is 12.2. The summed E-state index contributed by atoms with van der Waals surface area (Å²) in [6.45, 7) is 1.95. The summed E-state index contributed by atoms with van der Waals surface area (Å²) in [6.07, 6.45) is 0. The van der Waals surface area contributed by atoms with E-state index in [4.69, 9.17) is 9.47 Å². The van der Waals surface area contributed by atoms with Gasteiger partial charge in [0.05, 0.1) is 21.8 Å². The van der Waals surface area contributed by atoms with Gasteiger partial charge in [-0.1, -0.05) is 0 Å². The lowest BCUT2D eigenvalue weighted by atomic mass is 10.2. The van der Waals surface area contributed by atoms with Crippen molar-refractivity contribution in [3.8, 4) is 11.5 Å². The summed E-state index contributed by atoms with van der Waals surface area (Å²) in [4.78, 5) is 28.7. The molecule has 4 rings (SSSR count). The van der Waals surface area contributed by atoms with Crippen molar-refractivity contribution in [2.45, 2.75) is 6.92 Å². The third-order valence-electron chi connectivity index (χ3n) is 3.82. The van der Waals surface area contributed by atoms with Crippen LogP contribution in [-0.4, -0.2) is 30.1 Å². The van der Waals surface area contributed by atoms with Gasteiger partial charge in [-0.15, -0.1) is 11.3 Å². The maximum absolute atomic E-state index is 12.2. The lowest BCUT2D eigenvalue weighted by Crippen LogP contribution is -2.32. The SMILES string of the molecule is Cc1nc2ccc(NC(=O)CNC(=O)c3ccc4c(c3)OCO4)cc2s1. The molecule has 0 atom stereocenters. The molecule has 0 unspecified atom stereocenters. The molecule has 0 radical (unpaired) electrons. The van der Waals surface area contributed by atoms with E-state index in [1.54, 1.807) is 35.6 Å². The second-order valence-electron chi connectivity index (χ2n) is 5.71. The number of thiazole rings is 1. The molecule has 2 amide bonds. The van der Waals surface area contributed by atoms with Crippen LogP contribution >= 0.6 is 11.3 Å². The summed E-state index contributed by atoms with van der Waals surface area (Å²) < 4.78 is 11.5. The second-order valence-corrected chi connectivity index (χ2v) is 6.95. The number of carbonyl (C=O) groups excluding carboxylic acids is 2. The van der Waals surface area contributed by atoms with E-state index in [2.05, 4.69) is 15.6 Å². The first-order valence-corrected chi connectivity index (χ1v) is 8.75. The number of hydrogen-bond donors (Lipinski definition) is 2. The molecule has 1 aromatic heterocycles. The number of aryl methyl sites for hydroxylation is 1. The van der Waals surface area contributed by atoms with Crippen LogP contribution in [0.1, 0.15) is 15.4 Å². The number of hydrogen-bond acceptors (Lipinski definition) is 6. The van der Waals surface area contributed by atoms with Gasteiger partial charge in [0.15, 0.2) is 11.5 Å². The molecule has 0 saturated carbocycles. The Balaban J connectivity index is 1.36. The van der Waals surface area contributed by atoms with Crippen molar-refractivity contribution in [2.75, 3.05) is 18.7 Å². The third-order valence-corrected chi connectivity index (χ3v) is 4.76. The molecule has 1 aliphatic rings. The Kier molecular flexibility index (Phi) is 4.18. The number of ether oxygens (including phenoxy) is 2. The zero-order valence-electron chi connectivity index (χ0n) is 13.9. The van der Waals surface area contributed by atoms with Gasteiger partial charge in [0.1, 0.15) is 0 Å². The maximum Gasteiger partial charge on any atom is 0.251 e. The van der Waals surface area contributed by atoms with Crippen molar-refractivity contribution in [3.63, 3.8) is 0 Å². The molecule has 1 aliphatic heterocycles. The van der Waals surface area contributed by atoms with Gasteiger partial charge in [0.25, 0.3) is 5.91 Å². The predicted octanol–water partition coefficient (Wildman–Crippen LogP) is 2.70. The predicted molar refractivity (Wildman–Crippen MR) is 97.9 cm³/mol. The van der Waals surface area contributed by atoms with Gasteiger partial charge in [-0.25, -0.2) is 4.98 Å². The number of benzene rings is 2. The molecule has 132 valence electrons. The molecule has 0 aliphatic carbocycles. The van der Waals surface area contributed by atoms with E-state index in [9.17, 15) is 9.59 Å². The monoisotopic (exact) mass is 369 g/mol. The van der Waals surface area contributed by atoms with Crippen molar-refractivity contribution < 1.29 is 19.1 Å². The van der Waals surface area contributed by atoms with Crippen LogP contribution < -0.4 is 20.1 Å². The lowest BCUT2D eigenvalue weighted by molar-refractivity contribution is -0.115. The highest BCUT2D eigenvalue weighted by Gasteiger charge is 2.16. The van der Waals surface area contributed by atoms with Crippen molar-refractivity contribution in [1.82, 2.24) is 10.3 Å². The van der Waals surface area contributed by atoms with Gasteiger partial charge in [-0.3, -0.25) is 9.59 Å². The zero-order valence-corrected chi connectivity index (χ0v) is 14.7. The van der Waals surface area contributed by atoms with Crippen molar-refractivity contribution in [2.24, 2.45) is 0 Å². The van der Waals surface area contributed by atoms with E-state index in [0.717, 1.165) is 15.2 Å². The molecule has 0 saturated heterocycles. The minimum absolute atomic E-state index is 0.132. The summed E-state index contributed by atoms with van der Waals surface area (Å²) in [5, 5.41) is 6.34. The van der Waals surface area contributed by atoms with Crippen LogP contribution in [-0.2, 0) is 4.79 Å². The van der Waals surface area contributed by atoms with Crippen LogP contribution in [0.25, 0.3) is 10.2 Å². The summed E-state index contributed by atoms with van der Waals surface area (Å²) in [6, 6.07) is 10.4. The Morgan fingerprint density at radius 3 is 2.88 bits per heavy atom. The molecular weight excluding hydrogens is 354 g/mol. The summed E-state index contributed by atoms with van der Waals surface area (Å²) in [5.74, 6) is 0.468. The van der Waals surface area contributed by atoms with E-state index < -0.39 is 0 Å². The van der Waals surface area contributed by atoms with Crippen molar-refractivity contribution in [3.05, 3.63) is 47.0 Å². The third kappa shape index (κ3) is 3.31. The fourth-order valence-corrected chi connectivity index (χ4v) is 3.49. The Hall–Kier alpha value is -3.13. The van der Waals surface area contributed by atoms with Crippen LogP contribution in [0.5, 0.6) is 11.5 Å². The van der Waals surface area contributed by atoms with Crippen LogP contribution in [0.2, 0.25) is 0 Å². The quantitative estimate of drug-likeness (QED) is 0.738. The molecule has 0 spiro atoms. The Morgan fingerprint density at radius 1 is 1.15 bits per heavy atom. The number of rotatable bonds is 4. The molecule has 7 nitrogen and oxygen atoms in total. The zero-order chi connectivity index (χ0) is 18.1. The number of nitrogens with zero attached hydrogens (tertiary/aromatic N) is 1. The molecule has 3 aromatic rings. The normalized spacial score (nSPS) is 12.2. The van der Waals surface area contributed by atoms with Crippen LogP contribution in [0.15, 0.2) is 36.4 Å². The highest BCUT2D eigenvalue weighted by Crippen LogP contribution is 2.32. The molecule has 2 N–H and O–H groups in total. The van der Waals surface area contributed by atoms with Gasteiger partial charge >= 0.3 is 0 Å². The van der Waals surface area contributed by atoms with Gasteiger partial charge in [0.2, 0.25) is 12.7 Å². The van der Waals surface area contributed by atoms with E-state index in [0.29, 0.717) is 22.7 Å². The van der Waals surface area contributed by atoms with Crippen molar-refractivity contribution >= 4 is 39.1 Å². The van der Waals surface area contributed by atoms with Gasteiger partial charge in [-0.05, 0) is 43.3 Å². The molecule has 0 bridgehead atoms. The highest BCUT2D eigenvalue weighted by molar-refractivity contribution is 7.18. The number of nitrogens with one attached hydrogen (secondary N) is 2. The minimum Gasteiger partial charge on any atom is -0.454 e. The van der Waals surface area contributed by atoms with Gasteiger partial charge in [0, 0.05) is 11.3 Å². The number of fused-ring (bicyclic) bond motifs is 2. The average Bonchev–Trinajstić information content (AvgIpc) is 3.23. The van der Waals surface area contributed by atoms with E-state index in [1.165, 1.54) is 0 Å². The topological polar surface area (TPSA) is 89.6 Å². The highest BCUT2D eigenvalue weighted by atomic mass is 32.1. The van der Waals surface area contributed by atoms with E-state index in [-0.39, 0.29) is 25.2 Å². The van der Waals surface area contributed by atoms with Gasteiger partial charge < -0.3 is 20.1 Å². The number of anilines is 1. The summed E-state index contributed by atoms with van der Waals surface area (Å²) >= 11 is 1.56. The van der Waals surface area contributed by atoms with Crippen molar-refractivity contribution in [1.29, 1.82) is 0 Å². The number of amides is 2. The second kappa shape index (κ2) is 6.64. The first-order chi connectivity index (χ1) is 12.6. The smallest absolute Gasteiger partial charge is 0.251 e. The standard InChI is InChI=1S/C18H15N3O4S/c1-10-20-13-4-3-12(7-16(13)26-10)21-17(22)8-19-18(23)11-2-5-14-15(6-11)25-9-24-14/h2-7H,8-9H2,1H3,(H,19,23)(H,21,22). The molecule has 8 heteroatoms. The van der Waals surface area contributed by atoms with Crippen LogP contribution in [0.4, 0.5) is 5.69 Å². The molecule has 26 heavy (non-hydrogen) atoms. The van der Waals surface area contributed by atoms with E-state index >= 15 is 0 Å². The van der Waals surface area contributed by atoms with E-state index in [1.807, 2.05) is 19.1 Å². The number of carbonyl (C=O) groups is 2. The fraction of sp³-hybridized carbons (Fsp3) is 0.167. The average molecular weight is 369 g/mol. The molecule has 2 aromatic carbocycles. The Morgan fingerprint density at radius 2 is 2.00 bits per heavy atom. The lowest BCUT2D eigenvalue weighted by Gasteiger charge is -2.07. The Bertz CT molecular complexity index is 1010. The first kappa shape index (κ1) is 16.3. The van der Waals surface area contributed by atoms with Crippen LogP contribution in [0, 0.1) is 6.92 Å². The molecule has 0 fully saturated rings. The summed E-state index contributed by atoms with van der Waals surface area (Å²) in [5.41, 5.74) is 1.98. The summed E-state index contributed by atoms with van der Waals surface area (Å²) in [7, 11) is 0. The minimum atomic E-state index is -0.355. The van der Waals surface area contributed by atoms with Crippen LogP contribution in [0.3, 0.4) is 0 Å². The Labute approximate surface area is 152 Å². The fourth-order valence-electron chi connectivity index (χ4n) is 2.62. The largest absolute Gasteiger partial charge is 0.454 e. The molecular formula is C18H15N3O4S. The first-order valence-electron chi connectivity index (χ1n) is 7.93. The number of aromatic nitrogens is 1.